The Morgan fingerprint density at radius 3 is 2.74 bits per heavy atom. The molecule has 0 bridgehead atoms. The number of hydrogen-bond donors (Lipinski definition) is 0. The largest absolute Gasteiger partial charge is 0.261 e. The Kier molecular flexibility index (Phi) is 4.12. The van der Waals surface area contributed by atoms with Crippen molar-refractivity contribution in [1.82, 2.24) is 4.98 Å². The van der Waals surface area contributed by atoms with E-state index in [0.717, 1.165) is 12.3 Å². The number of rotatable bonds is 4. The van der Waals surface area contributed by atoms with Crippen LogP contribution in [0.4, 0.5) is 0 Å². The van der Waals surface area contributed by atoms with Gasteiger partial charge in [-0.2, -0.15) is 0 Å². The van der Waals surface area contributed by atoms with Gasteiger partial charge in [-0.25, -0.2) is 0 Å². The van der Waals surface area contributed by atoms with Crippen molar-refractivity contribution in [2.45, 2.75) is 51.4 Å². The smallest absolute Gasteiger partial charge is 0.0481 e. The average Bonchev–Trinajstić information content (AvgIpc) is 2.49. The van der Waals surface area contributed by atoms with Gasteiger partial charge in [0.1, 0.15) is 0 Å². The molecule has 1 aliphatic carbocycles. The van der Waals surface area contributed by atoms with Gasteiger partial charge in [0.2, 0.25) is 0 Å². The van der Waals surface area contributed by atoms with Crippen LogP contribution in [-0.4, -0.2) is 4.98 Å². The zero-order chi connectivity index (χ0) is 12.9. The predicted molar refractivity (Wildman–Crippen MR) is 81.3 cm³/mol. The molecule has 1 nitrogen and oxygen atoms in total. The highest BCUT2D eigenvalue weighted by atomic mass is 14.7. The summed E-state index contributed by atoms with van der Waals surface area (Å²) in [5.41, 5.74) is 1.29. The van der Waals surface area contributed by atoms with Crippen LogP contribution in [0.3, 0.4) is 0 Å². The molecule has 1 aromatic carbocycles. The number of pyridine rings is 1. The lowest BCUT2D eigenvalue weighted by molar-refractivity contribution is 0.332. The first-order chi connectivity index (χ1) is 9.43. The number of fused-ring (bicyclic) bond motifs is 1. The summed E-state index contributed by atoms with van der Waals surface area (Å²) in [6.07, 6.45) is 13.1. The van der Waals surface area contributed by atoms with E-state index in [4.69, 9.17) is 0 Å². The Bertz CT molecular complexity index is 521. The number of aryl methyl sites for hydroxylation is 1. The van der Waals surface area contributed by atoms with Gasteiger partial charge in [0.15, 0.2) is 0 Å². The Labute approximate surface area is 116 Å². The van der Waals surface area contributed by atoms with Crippen molar-refractivity contribution < 1.29 is 0 Å². The second kappa shape index (κ2) is 6.18. The summed E-state index contributed by atoms with van der Waals surface area (Å²) in [5, 5.41) is 2.67. The minimum absolute atomic E-state index is 0.990. The summed E-state index contributed by atoms with van der Waals surface area (Å²) >= 11 is 0. The van der Waals surface area contributed by atoms with E-state index in [1.807, 2.05) is 6.20 Å². The molecule has 0 unspecified atom stereocenters. The first-order valence-electron chi connectivity index (χ1n) is 7.76. The lowest BCUT2D eigenvalue weighted by Gasteiger charge is -2.21. The minimum Gasteiger partial charge on any atom is -0.261 e. The van der Waals surface area contributed by atoms with Crippen molar-refractivity contribution in [2.75, 3.05) is 0 Å². The van der Waals surface area contributed by atoms with E-state index in [-0.39, 0.29) is 0 Å². The Balaban J connectivity index is 1.62. The van der Waals surface area contributed by atoms with E-state index in [1.165, 1.54) is 61.4 Å². The third-order valence-corrected chi connectivity index (χ3v) is 4.51. The molecule has 1 fully saturated rings. The molecule has 100 valence electrons. The van der Waals surface area contributed by atoms with Crippen LogP contribution in [0.15, 0.2) is 36.5 Å². The maximum Gasteiger partial charge on any atom is 0.0481 e. The first-order valence-corrected chi connectivity index (χ1v) is 7.76. The molecule has 19 heavy (non-hydrogen) atoms. The summed E-state index contributed by atoms with van der Waals surface area (Å²) in [6, 6.07) is 10.7. The Morgan fingerprint density at radius 2 is 1.84 bits per heavy atom. The second-order valence-electron chi connectivity index (χ2n) is 5.88. The fraction of sp³-hybridized carbons (Fsp3) is 0.500. The summed E-state index contributed by atoms with van der Waals surface area (Å²) in [7, 11) is 0. The molecule has 3 rings (SSSR count). The number of nitrogens with zero attached hydrogens (tertiary/aromatic N) is 1. The van der Waals surface area contributed by atoms with Crippen LogP contribution in [0.2, 0.25) is 0 Å². The van der Waals surface area contributed by atoms with E-state index in [1.54, 1.807) is 0 Å². The van der Waals surface area contributed by atoms with Gasteiger partial charge in [-0.05, 0) is 30.2 Å². The third kappa shape index (κ3) is 3.15. The van der Waals surface area contributed by atoms with Crippen molar-refractivity contribution in [2.24, 2.45) is 5.92 Å². The van der Waals surface area contributed by atoms with Crippen molar-refractivity contribution in [3.05, 3.63) is 42.2 Å². The van der Waals surface area contributed by atoms with Crippen LogP contribution in [-0.2, 0) is 6.42 Å². The lowest BCUT2D eigenvalue weighted by Crippen LogP contribution is -2.06. The molecule has 0 radical (unpaired) electrons. The van der Waals surface area contributed by atoms with Gasteiger partial charge in [-0.3, -0.25) is 4.98 Å². The van der Waals surface area contributed by atoms with Crippen LogP contribution in [0, 0.1) is 5.92 Å². The van der Waals surface area contributed by atoms with Gasteiger partial charge < -0.3 is 0 Å². The van der Waals surface area contributed by atoms with Gasteiger partial charge >= 0.3 is 0 Å². The molecular formula is C18H23N. The molecule has 1 heterocycles. The van der Waals surface area contributed by atoms with Gasteiger partial charge in [0, 0.05) is 17.3 Å². The highest BCUT2D eigenvalue weighted by Gasteiger charge is 2.13. The van der Waals surface area contributed by atoms with Crippen molar-refractivity contribution >= 4 is 10.8 Å². The van der Waals surface area contributed by atoms with Gasteiger partial charge in [-0.1, -0.05) is 62.8 Å². The molecule has 1 heteroatoms. The van der Waals surface area contributed by atoms with Crippen LogP contribution in [0.25, 0.3) is 10.8 Å². The maximum absolute atomic E-state index is 4.59. The minimum atomic E-state index is 0.990. The van der Waals surface area contributed by atoms with Crippen LogP contribution < -0.4 is 0 Å². The van der Waals surface area contributed by atoms with Crippen molar-refractivity contribution in [1.29, 1.82) is 0 Å². The molecule has 0 N–H and O–H groups in total. The van der Waals surface area contributed by atoms with E-state index in [0.29, 0.717) is 0 Å². The quantitative estimate of drug-likeness (QED) is 0.735. The molecule has 0 spiro atoms. The van der Waals surface area contributed by atoms with Gasteiger partial charge in [0.25, 0.3) is 0 Å². The summed E-state index contributed by atoms with van der Waals surface area (Å²) in [5.74, 6) is 0.990. The van der Waals surface area contributed by atoms with E-state index >= 15 is 0 Å². The third-order valence-electron chi connectivity index (χ3n) is 4.51. The van der Waals surface area contributed by atoms with Crippen LogP contribution in [0.5, 0.6) is 0 Å². The van der Waals surface area contributed by atoms with Crippen molar-refractivity contribution in [3.8, 4) is 0 Å². The Hall–Kier alpha value is -1.37. The molecule has 1 aliphatic rings. The number of aromatic nitrogens is 1. The molecular weight excluding hydrogens is 230 g/mol. The molecule has 0 amide bonds. The summed E-state index contributed by atoms with van der Waals surface area (Å²) in [6.45, 7) is 0. The topological polar surface area (TPSA) is 12.9 Å². The first kappa shape index (κ1) is 12.7. The lowest BCUT2D eigenvalue weighted by atomic mass is 9.85. The van der Waals surface area contributed by atoms with Crippen LogP contribution in [0.1, 0.15) is 50.6 Å². The highest BCUT2D eigenvalue weighted by molar-refractivity contribution is 5.84. The maximum atomic E-state index is 4.59. The van der Waals surface area contributed by atoms with Gasteiger partial charge in [0.05, 0.1) is 0 Å². The second-order valence-corrected chi connectivity index (χ2v) is 5.88. The molecule has 0 atom stereocenters. The fourth-order valence-corrected chi connectivity index (χ4v) is 3.42. The predicted octanol–water partition coefficient (Wildman–Crippen LogP) is 5.14. The number of benzene rings is 1. The zero-order valence-corrected chi connectivity index (χ0v) is 11.6. The molecule has 0 saturated heterocycles. The molecule has 0 aliphatic heterocycles. The fourth-order valence-electron chi connectivity index (χ4n) is 3.42. The molecule has 1 saturated carbocycles. The SMILES string of the molecule is c1ccc2c(CCCC3CCCCC3)nccc2c1. The van der Waals surface area contributed by atoms with E-state index in [9.17, 15) is 0 Å². The zero-order valence-electron chi connectivity index (χ0n) is 11.6. The van der Waals surface area contributed by atoms with Gasteiger partial charge in [-0.15, -0.1) is 0 Å². The van der Waals surface area contributed by atoms with Crippen molar-refractivity contribution in [3.63, 3.8) is 0 Å². The monoisotopic (exact) mass is 253 g/mol. The standard InChI is InChI=1S/C18H23N/c1-2-7-15(8-3-1)9-6-12-18-17-11-5-4-10-16(17)13-14-19-18/h4-5,10-11,13-15H,1-3,6-9,12H2. The molecule has 1 aromatic heterocycles. The average molecular weight is 253 g/mol. The van der Waals surface area contributed by atoms with E-state index in [2.05, 4.69) is 35.3 Å². The summed E-state index contributed by atoms with van der Waals surface area (Å²) < 4.78 is 0. The van der Waals surface area contributed by atoms with E-state index < -0.39 is 0 Å². The van der Waals surface area contributed by atoms with Crippen LogP contribution >= 0.6 is 0 Å². The highest BCUT2D eigenvalue weighted by Crippen LogP contribution is 2.28. The molecule has 2 aromatic rings. The summed E-state index contributed by atoms with van der Waals surface area (Å²) in [4.78, 5) is 4.59. The normalized spacial score (nSPS) is 16.8. The Morgan fingerprint density at radius 1 is 1.00 bits per heavy atom. The number of hydrogen-bond acceptors (Lipinski definition) is 1.